The molecule has 0 amide bonds. The summed E-state index contributed by atoms with van der Waals surface area (Å²) in [6.07, 6.45) is 4.99. The van der Waals surface area contributed by atoms with Gasteiger partial charge in [0.05, 0.1) is 6.61 Å². The number of hydrogen-bond donors (Lipinski definition) is 0. The van der Waals surface area contributed by atoms with E-state index in [0.717, 1.165) is 43.6 Å². The average molecular weight is 259 g/mol. The monoisotopic (exact) mass is 259 g/mol. The highest BCUT2D eigenvalue weighted by molar-refractivity contribution is 5.42. The van der Waals surface area contributed by atoms with E-state index >= 15 is 0 Å². The number of rotatable bonds is 2. The standard InChI is InChI=1S/C15H21N3O/c1-11-8-13(17-14(16-11)12-2-3-12)18-6-4-15(9-18)5-7-19-10-15/h8,12H,2-7,9-10H2,1H3/t15-/m0/s1. The lowest BCUT2D eigenvalue weighted by Crippen LogP contribution is -2.28. The van der Waals surface area contributed by atoms with E-state index < -0.39 is 0 Å². The van der Waals surface area contributed by atoms with Gasteiger partial charge in [0.15, 0.2) is 0 Å². The number of aromatic nitrogens is 2. The Kier molecular flexibility index (Phi) is 2.56. The van der Waals surface area contributed by atoms with Crippen molar-refractivity contribution >= 4 is 5.82 Å². The van der Waals surface area contributed by atoms with Gasteiger partial charge in [-0.05, 0) is 32.6 Å². The van der Waals surface area contributed by atoms with Crippen LogP contribution in [-0.2, 0) is 4.74 Å². The van der Waals surface area contributed by atoms with Crippen LogP contribution in [0.5, 0.6) is 0 Å². The fourth-order valence-corrected chi connectivity index (χ4v) is 3.36. The Morgan fingerprint density at radius 3 is 2.95 bits per heavy atom. The minimum absolute atomic E-state index is 0.401. The van der Waals surface area contributed by atoms with Crippen LogP contribution < -0.4 is 4.90 Å². The van der Waals surface area contributed by atoms with E-state index in [0.29, 0.717) is 11.3 Å². The van der Waals surface area contributed by atoms with Gasteiger partial charge < -0.3 is 9.64 Å². The third-order valence-electron chi connectivity index (χ3n) is 4.75. The van der Waals surface area contributed by atoms with Crippen LogP contribution in [0.15, 0.2) is 6.07 Å². The van der Waals surface area contributed by atoms with Crippen molar-refractivity contribution < 1.29 is 4.74 Å². The molecule has 3 heterocycles. The zero-order chi connectivity index (χ0) is 12.9. The van der Waals surface area contributed by atoms with Gasteiger partial charge in [0.2, 0.25) is 0 Å². The summed E-state index contributed by atoms with van der Waals surface area (Å²) in [5, 5.41) is 0. The summed E-state index contributed by atoms with van der Waals surface area (Å²) in [7, 11) is 0. The number of anilines is 1. The van der Waals surface area contributed by atoms with Gasteiger partial charge >= 0.3 is 0 Å². The molecule has 1 aliphatic carbocycles. The lowest BCUT2D eigenvalue weighted by molar-refractivity contribution is 0.160. The van der Waals surface area contributed by atoms with Crippen LogP contribution in [0, 0.1) is 12.3 Å². The Hall–Kier alpha value is -1.16. The molecule has 1 spiro atoms. The van der Waals surface area contributed by atoms with Crippen molar-refractivity contribution in [2.45, 2.75) is 38.5 Å². The molecule has 0 unspecified atom stereocenters. The summed E-state index contributed by atoms with van der Waals surface area (Å²) < 4.78 is 5.60. The van der Waals surface area contributed by atoms with Crippen LogP contribution in [0.3, 0.4) is 0 Å². The molecule has 4 nitrogen and oxygen atoms in total. The lowest BCUT2D eigenvalue weighted by Gasteiger charge is -2.23. The largest absolute Gasteiger partial charge is 0.381 e. The molecule has 3 aliphatic rings. The Labute approximate surface area is 114 Å². The van der Waals surface area contributed by atoms with E-state index in [2.05, 4.69) is 22.9 Å². The summed E-state index contributed by atoms with van der Waals surface area (Å²) >= 11 is 0. The molecule has 3 fully saturated rings. The van der Waals surface area contributed by atoms with Gasteiger partial charge in [-0.1, -0.05) is 0 Å². The maximum atomic E-state index is 5.60. The molecule has 2 aliphatic heterocycles. The molecule has 0 N–H and O–H groups in total. The molecule has 1 atom stereocenters. The van der Waals surface area contributed by atoms with Crippen molar-refractivity contribution in [1.82, 2.24) is 9.97 Å². The first-order valence-corrected chi connectivity index (χ1v) is 7.42. The second-order valence-corrected chi connectivity index (χ2v) is 6.47. The molecule has 1 aromatic rings. The first-order valence-electron chi connectivity index (χ1n) is 7.42. The Bertz CT molecular complexity index is 492. The predicted molar refractivity (Wildman–Crippen MR) is 73.4 cm³/mol. The number of hydrogen-bond acceptors (Lipinski definition) is 4. The first-order chi connectivity index (χ1) is 9.24. The van der Waals surface area contributed by atoms with Crippen molar-refractivity contribution in [3.8, 4) is 0 Å². The van der Waals surface area contributed by atoms with Crippen molar-refractivity contribution in [1.29, 1.82) is 0 Å². The SMILES string of the molecule is Cc1cc(N2CC[C@]3(CCOC3)C2)nc(C2CC2)n1. The molecule has 2 saturated heterocycles. The highest BCUT2D eigenvalue weighted by atomic mass is 16.5. The Morgan fingerprint density at radius 1 is 1.32 bits per heavy atom. The normalized spacial score (nSPS) is 30.5. The zero-order valence-corrected chi connectivity index (χ0v) is 11.6. The van der Waals surface area contributed by atoms with E-state index in [4.69, 9.17) is 9.72 Å². The van der Waals surface area contributed by atoms with Crippen LogP contribution >= 0.6 is 0 Å². The maximum Gasteiger partial charge on any atom is 0.134 e. The molecule has 1 saturated carbocycles. The third-order valence-corrected chi connectivity index (χ3v) is 4.75. The lowest BCUT2D eigenvalue weighted by atomic mass is 9.87. The number of aryl methyl sites for hydroxylation is 1. The van der Waals surface area contributed by atoms with E-state index in [1.54, 1.807) is 0 Å². The summed E-state index contributed by atoms with van der Waals surface area (Å²) in [4.78, 5) is 11.8. The number of ether oxygens (including phenoxy) is 1. The Morgan fingerprint density at radius 2 is 2.21 bits per heavy atom. The van der Waals surface area contributed by atoms with Gasteiger partial charge in [-0.25, -0.2) is 9.97 Å². The molecule has 1 aromatic heterocycles. The van der Waals surface area contributed by atoms with Crippen molar-refractivity contribution in [2.75, 3.05) is 31.2 Å². The fourth-order valence-electron chi connectivity index (χ4n) is 3.36. The highest BCUT2D eigenvalue weighted by Gasteiger charge is 2.42. The fraction of sp³-hybridized carbons (Fsp3) is 0.733. The quantitative estimate of drug-likeness (QED) is 0.816. The van der Waals surface area contributed by atoms with Gasteiger partial charge in [-0.2, -0.15) is 0 Å². The van der Waals surface area contributed by atoms with Gasteiger partial charge in [0, 0.05) is 42.8 Å². The molecular formula is C15H21N3O. The van der Waals surface area contributed by atoms with Gasteiger partial charge in [0.1, 0.15) is 11.6 Å². The second kappa shape index (κ2) is 4.17. The van der Waals surface area contributed by atoms with E-state index in [-0.39, 0.29) is 0 Å². The van der Waals surface area contributed by atoms with Crippen LogP contribution in [0.1, 0.15) is 43.1 Å². The predicted octanol–water partition coefficient (Wildman–Crippen LogP) is 2.28. The molecule has 0 bridgehead atoms. The van der Waals surface area contributed by atoms with E-state index in [1.807, 2.05) is 0 Å². The number of nitrogens with zero attached hydrogens (tertiary/aromatic N) is 3. The van der Waals surface area contributed by atoms with Crippen LogP contribution in [-0.4, -0.2) is 36.3 Å². The topological polar surface area (TPSA) is 38.2 Å². The molecule has 4 rings (SSSR count). The minimum atomic E-state index is 0.401. The summed E-state index contributed by atoms with van der Waals surface area (Å²) in [5.74, 6) is 2.84. The van der Waals surface area contributed by atoms with E-state index in [1.165, 1.54) is 25.7 Å². The maximum absolute atomic E-state index is 5.60. The van der Waals surface area contributed by atoms with Crippen LogP contribution in [0.25, 0.3) is 0 Å². The van der Waals surface area contributed by atoms with Crippen LogP contribution in [0.2, 0.25) is 0 Å². The summed E-state index contributed by atoms with van der Waals surface area (Å²) in [6, 6.07) is 2.14. The molecule has 102 valence electrons. The highest BCUT2D eigenvalue weighted by Crippen LogP contribution is 2.41. The summed E-state index contributed by atoms with van der Waals surface area (Å²) in [5.41, 5.74) is 1.51. The molecular weight excluding hydrogens is 238 g/mol. The molecule has 4 heteroatoms. The average Bonchev–Trinajstić information content (AvgIpc) is 3.03. The van der Waals surface area contributed by atoms with E-state index in [9.17, 15) is 0 Å². The van der Waals surface area contributed by atoms with Crippen molar-refractivity contribution in [2.24, 2.45) is 5.41 Å². The summed E-state index contributed by atoms with van der Waals surface area (Å²) in [6.45, 7) is 6.17. The minimum Gasteiger partial charge on any atom is -0.381 e. The second-order valence-electron chi connectivity index (χ2n) is 6.47. The molecule has 0 radical (unpaired) electrons. The van der Waals surface area contributed by atoms with Gasteiger partial charge in [-0.3, -0.25) is 0 Å². The van der Waals surface area contributed by atoms with Gasteiger partial charge in [-0.15, -0.1) is 0 Å². The first kappa shape index (κ1) is 11.6. The van der Waals surface area contributed by atoms with Gasteiger partial charge in [0.25, 0.3) is 0 Å². The Balaban J connectivity index is 1.59. The van der Waals surface area contributed by atoms with Crippen LogP contribution in [0.4, 0.5) is 5.82 Å². The zero-order valence-electron chi connectivity index (χ0n) is 11.6. The van der Waals surface area contributed by atoms with Crippen molar-refractivity contribution in [3.05, 3.63) is 17.6 Å². The van der Waals surface area contributed by atoms with Crippen molar-refractivity contribution in [3.63, 3.8) is 0 Å². The smallest absolute Gasteiger partial charge is 0.134 e. The molecule has 0 aromatic carbocycles. The molecule has 19 heavy (non-hydrogen) atoms. The third kappa shape index (κ3) is 2.12.